The van der Waals surface area contributed by atoms with Gasteiger partial charge in [0.1, 0.15) is 12.7 Å². The molecule has 0 bridgehead atoms. The van der Waals surface area contributed by atoms with Gasteiger partial charge in [0, 0.05) is 11.1 Å². The third-order valence-corrected chi connectivity index (χ3v) is 2.67. The number of benzene rings is 1. The molecule has 1 heterocycles. The van der Waals surface area contributed by atoms with Crippen molar-refractivity contribution in [1.82, 2.24) is 14.8 Å². The maximum absolute atomic E-state index is 11.8. The Kier molecular flexibility index (Phi) is 4.68. The van der Waals surface area contributed by atoms with E-state index in [9.17, 15) is 4.79 Å². The van der Waals surface area contributed by atoms with Crippen molar-refractivity contribution in [3.05, 3.63) is 60.2 Å². The second kappa shape index (κ2) is 6.68. The smallest absolute Gasteiger partial charge is 0.248 e. The molecule has 1 amide bonds. The Balaban J connectivity index is 2.26. The lowest BCUT2D eigenvalue weighted by Gasteiger charge is -2.09. The Labute approximate surface area is 121 Å². The second-order valence-electron chi connectivity index (χ2n) is 3.88. The van der Waals surface area contributed by atoms with Crippen LogP contribution in [0.25, 0.3) is 5.69 Å². The van der Waals surface area contributed by atoms with Gasteiger partial charge in [0.2, 0.25) is 5.91 Å². The SMILES string of the molecule is C/C=C/C=C/C(=O)Nc1cc(Cl)ccc1-n1cncn1. The van der Waals surface area contributed by atoms with Crippen LogP contribution in [0.5, 0.6) is 0 Å². The zero-order valence-electron chi connectivity index (χ0n) is 10.8. The van der Waals surface area contributed by atoms with Crippen molar-refractivity contribution in [3.8, 4) is 5.69 Å². The number of rotatable bonds is 4. The fourth-order valence-electron chi connectivity index (χ4n) is 1.57. The quantitative estimate of drug-likeness (QED) is 0.695. The van der Waals surface area contributed by atoms with Crippen molar-refractivity contribution >= 4 is 23.2 Å². The van der Waals surface area contributed by atoms with Gasteiger partial charge in [-0.25, -0.2) is 9.67 Å². The fraction of sp³-hybridized carbons (Fsp3) is 0.0714. The van der Waals surface area contributed by atoms with E-state index in [1.165, 1.54) is 12.4 Å². The van der Waals surface area contributed by atoms with Gasteiger partial charge in [-0.15, -0.1) is 0 Å². The third kappa shape index (κ3) is 3.55. The molecule has 1 aromatic heterocycles. The summed E-state index contributed by atoms with van der Waals surface area (Å²) in [6.07, 6.45) is 9.68. The molecule has 0 radical (unpaired) electrons. The summed E-state index contributed by atoms with van der Waals surface area (Å²) in [5.74, 6) is -0.244. The van der Waals surface area contributed by atoms with Crippen LogP contribution in [-0.4, -0.2) is 20.7 Å². The molecule has 0 unspecified atom stereocenters. The van der Waals surface area contributed by atoms with Crippen LogP contribution in [0.3, 0.4) is 0 Å². The molecule has 0 aliphatic heterocycles. The minimum Gasteiger partial charge on any atom is -0.321 e. The van der Waals surface area contributed by atoms with Crippen molar-refractivity contribution in [1.29, 1.82) is 0 Å². The van der Waals surface area contributed by atoms with E-state index in [0.717, 1.165) is 0 Å². The fourth-order valence-corrected chi connectivity index (χ4v) is 1.74. The molecule has 1 N–H and O–H groups in total. The number of aromatic nitrogens is 3. The van der Waals surface area contributed by atoms with E-state index in [-0.39, 0.29) is 5.91 Å². The highest BCUT2D eigenvalue weighted by atomic mass is 35.5. The molecule has 102 valence electrons. The van der Waals surface area contributed by atoms with Crippen LogP contribution < -0.4 is 5.32 Å². The standard InChI is InChI=1S/C14H13ClN4O/c1-2-3-4-5-14(20)18-12-8-11(15)6-7-13(12)19-10-16-9-17-19/h2-10H,1H3,(H,18,20)/b3-2+,5-4+. The van der Waals surface area contributed by atoms with Crippen molar-refractivity contribution in [2.45, 2.75) is 6.92 Å². The topological polar surface area (TPSA) is 59.8 Å². The number of amides is 1. The highest BCUT2D eigenvalue weighted by Crippen LogP contribution is 2.23. The molecule has 2 aromatic rings. The predicted molar refractivity (Wildman–Crippen MR) is 79.0 cm³/mol. The molecule has 0 saturated carbocycles. The molecule has 1 aromatic carbocycles. The van der Waals surface area contributed by atoms with Crippen LogP contribution >= 0.6 is 11.6 Å². The summed E-state index contributed by atoms with van der Waals surface area (Å²) >= 11 is 5.96. The first-order valence-corrected chi connectivity index (χ1v) is 6.33. The number of allylic oxidation sites excluding steroid dienone is 3. The van der Waals surface area contributed by atoms with Gasteiger partial charge in [-0.2, -0.15) is 5.10 Å². The van der Waals surface area contributed by atoms with Crippen molar-refractivity contribution in [2.75, 3.05) is 5.32 Å². The first kappa shape index (κ1) is 14.0. The van der Waals surface area contributed by atoms with Gasteiger partial charge in [0.15, 0.2) is 0 Å². The first-order valence-electron chi connectivity index (χ1n) is 5.95. The summed E-state index contributed by atoms with van der Waals surface area (Å²) in [5, 5.41) is 7.34. The molecular weight excluding hydrogens is 276 g/mol. The van der Waals surface area contributed by atoms with Crippen LogP contribution in [0.1, 0.15) is 6.92 Å². The molecule has 20 heavy (non-hydrogen) atoms. The van der Waals surface area contributed by atoms with Crippen molar-refractivity contribution in [3.63, 3.8) is 0 Å². The van der Waals surface area contributed by atoms with Gasteiger partial charge >= 0.3 is 0 Å². The number of nitrogens with zero attached hydrogens (tertiary/aromatic N) is 3. The van der Waals surface area contributed by atoms with E-state index in [0.29, 0.717) is 16.4 Å². The average molecular weight is 289 g/mol. The lowest BCUT2D eigenvalue weighted by Crippen LogP contribution is -2.11. The number of anilines is 1. The minimum absolute atomic E-state index is 0.244. The maximum Gasteiger partial charge on any atom is 0.248 e. The highest BCUT2D eigenvalue weighted by molar-refractivity contribution is 6.31. The average Bonchev–Trinajstić information content (AvgIpc) is 2.93. The second-order valence-corrected chi connectivity index (χ2v) is 4.31. The van der Waals surface area contributed by atoms with E-state index in [2.05, 4.69) is 15.4 Å². The maximum atomic E-state index is 11.8. The normalized spacial score (nSPS) is 11.3. The van der Waals surface area contributed by atoms with E-state index in [1.54, 1.807) is 41.4 Å². The molecule has 0 aliphatic carbocycles. The summed E-state index contributed by atoms with van der Waals surface area (Å²) in [6, 6.07) is 5.16. The lowest BCUT2D eigenvalue weighted by atomic mass is 10.2. The zero-order valence-corrected chi connectivity index (χ0v) is 11.6. The van der Waals surface area contributed by atoms with Gasteiger partial charge in [0.25, 0.3) is 0 Å². The molecule has 2 rings (SSSR count). The molecule has 0 spiro atoms. The number of halogens is 1. The van der Waals surface area contributed by atoms with Crippen molar-refractivity contribution in [2.24, 2.45) is 0 Å². The lowest BCUT2D eigenvalue weighted by molar-refractivity contribution is -0.111. The number of nitrogens with one attached hydrogen (secondary N) is 1. The Morgan fingerprint density at radius 3 is 2.95 bits per heavy atom. The summed E-state index contributed by atoms with van der Waals surface area (Å²) in [6.45, 7) is 1.88. The molecule has 5 nitrogen and oxygen atoms in total. The largest absolute Gasteiger partial charge is 0.321 e. The summed E-state index contributed by atoms with van der Waals surface area (Å²) in [4.78, 5) is 15.7. The molecular formula is C14H13ClN4O. The minimum atomic E-state index is -0.244. The zero-order chi connectivity index (χ0) is 14.4. The first-order chi connectivity index (χ1) is 9.70. The Morgan fingerprint density at radius 2 is 2.25 bits per heavy atom. The molecule has 0 aliphatic rings. The molecule has 0 atom stereocenters. The van der Waals surface area contributed by atoms with Gasteiger partial charge in [-0.05, 0) is 25.1 Å². The van der Waals surface area contributed by atoms with Gasteiger partial charge in [0.05, 0.1) is 11.4 Å². The van der Waals surface area contributed by atoms with Crippen LogP contribution in [0.2, 0.25) is 5.02 Å². The predicted octanol–water partition coefficient (Wildman–Crippen LogP) is 2.99. The Morgan fingerprint density at radius 1 is 1.40 bits per heavy atom. The van der Waals surface area contributed by atoms with Crippen LogP contribution in [0, 0.1) is 0 Å². The van der Waals surface area contributed by atoms with Crippen molar-refractivity contribution < 1.29 is 4.79 Å². The summed E-state index contributed by atoms with van der Waals surface area (Å²) < 4.78 is 1.56. The Bertz CT molecular complexity index is 647. The number of carbonyl (C=O) groups excluding carboxylic acids is 1. The van der Waals surface area contributed by atoms with Crippen LogP contribution in [0.4, 0.5) is 5.69 Å². The van der Waals surface area contributed by atoms with Crippen LogP contribution in [-0.2, 0) is 4.79 Å². The number of hydrogen-bond acceptors (Lipinski definition) is 3. The van der Waals surface area contributed by atoms with Gasteiger partial charge in [-0.3, -0.25) is 4.79 Å². The van der Waals surface area contributed by atoms with Crippen LogP contribution in [0.15, 0.2) is 55.2 Å². The van der Waals surface area contributed by atoms with Gasteiger partial charge < -0.3 is 5.32 Å². The number of carbonyl (C=O) groups is 1. The molecule has 0 fully saturated rings. The van der Waals surface area contributed by atoms with Gasteiger partial charge in [-0.1, -0.05) is 29.8 Å². The van der Waals surface area contributed by atoms with E-state index in [4.69, 9.17) is 11.6 Å². The van der Waals surface area contributed by atoms with E-state index >= 15 is 0 Å². The monoisotopic (exact) mass is 288 g/mol. The highest BCUT2D eigenvalue weighted by Gasteiger charge is 2.08. The summed E-state index contributed by atoms with van der Waals surface area (Å²) in [7, 11) is 0. The van der Waals surface area contributed by atoms with E-state index < -0.39 is 0 Å². The van der Waals surface area contributed by atoms with E-state index in [1.807, 2.05) is 13.0 Å². The Hall–Kier alpha value is -2.40. The third-order valence-electron chi connectivity index (χ3n) is 2.43. The summed E-state index contributed by atoms with van der Waals surface area (Å²) in [5.41, 5.74) is 1.26. The molecule has 0 saturated heterocycles. The number of hydrogen-bond donors (Lipinski definition) is 1. The molecule has 6 heteroatoms.